The molecule has 3 aromatic rings. The largest absolute Gasteiger partial charge is 0.497 e. The summed E-state index contributed by atoms with van der Waals surface area (Å²) in [7, 11) is 1.56. The van der Waals surface area contributed by atoms with Crippen LogP contribution < -0.4 is 15.4 Å². The minimum Gasteiger partial charge on any atom is -0.497 e. The SMILES string of the molecule is CCCc1cc(C(=O)Nc2ccccc2C(=O)Nc2cccc(OC)c2)n[nH]1. The minimum absolute atomic E-state index is 0.284. The molecule has 28 heavy (non-hydrogen) atoms. The first-order chi connectivity index (χ1) is 13.6. The van der Waals surface area contributed by atoms with Crippen LogP contribution in [0.2, 0.25) is 0 Å². The van der Waals surface area contributed by atoms with Crippen molar-refractivity contribution in [2.24, 2.45) is 0 Å². The van der Waals surface area contributed by atoms with Crippen molar-refractivity contribution in [3.8, 4) is 5.75 Å². The number of carbonyl (C=O) groups excluding carboxylic acids is 2. The smallest absolute Gasteiger partial charge is 0.276 e. The van der Waals surface area contributed by atoms with Gasteiger partial charge in [0.2, 0.25) is 0 Å². The molecule has 2 amide bonds. The number of aromatic nitrogens is 2. The lowest BCUT2D eigenvalue weighted by molar-refractivity contribution is 0.102. The van der Waals surface area contributed by atoms with Gasteiger partial charge in [-0.3, -0.25) is 14.7 Å². The zero-order valence-corrected chi connectivity index (χ0v) is 15.8. The molecule has 0 unspecified atom stereocenters. The molecule has 0 bridgehead atoms. The summed E-state index contributed by atoms with van der Waals surface area (Å²) in [4.78, 5) is 25.2. The maximum atomic E-state index is 12.7. The zero-order valence-electron chi connectivity index (χ0n) is 15.8. The summed E-state index contributed by atoms with van der Waals surface area (Å²) >= 11 is 0. The second-order valence-electron chi connectivity index (χ2n) is 6.21. The van der Waals surface area contributed by atoms with Gasteiger partial charge in [-0.25, -0.2) is 0 Å². The van der Waals surface area contributed by atoms with Crippen LogP contribution in [0, 0.1) is 0 Å². The second kappa shape index (κ2) is 8.85. The number of aromatic amines is 1. The third-order valence-corrected chi connectivity index (χ3v) is 4.13. The van der Waals surface area contributed by atoms with Crippen molar-refractivity contribution in [1.29, 1.82) is 0 Å². The summed E-state index contributed by atoms with van der Waals surface area (Å²) in [6, 6.07) is 15.6. The molecule has 1 heterocycles. The van der Waals surface area contributed by atoms with E-state index in [0.717, 1.165) is 18.5 Å². The highest BCUT2D eigenvalue weighted by Gasteiger charge is 2.16. The van der Waals surface area contributed by atoms with Crippen LogP contribution in [-0.2, 0) is 6.42 Å². The molecule has 0 saturated heterocycles. The van der Waals surface area contributed by atoms with Crippen molar-refractivity contribution < 1.29 is 14.3 Å². The highest BCUT2D eigenvalue weighted by atomic mass is 16.5. The molecule has 0 spiro atoms. The molecular weight excluding hydrogens is 356 g/mol. The van der Waals surface area contributed by atoms with Crippen LogP contribution in [0.15, 0.2) is 54.6 Å². The number of nitrogens with zero attached hydrogens (tertiary/aromatic N) is 1. The van der Waals surface area contributed by atoms with Gasteiger partial charge in [0.05, 0.1) is 18.4 Å². The predicted molar refractivity (Wildman–Crippen MR) is 108 cm³/mol. The van der Waals surface area contributed by atoms with Gasteiger partial charge in [-0.1, -0.05) is 31.5 Å². The van der Waals surface area contributed by atoms with Gasteiger partial charge in [0, 0.05) is 17.4 Å². The normalized spacial score (nSPS) is 10.4. The lowest BCUT2D eigenvalue weighted by Gasteiger charge is -2.11. The predicted octanol–water partition coefficient (Wildman–Crippen LogP) is 3.88. The molecule has 144 valence electrons. The number of anilines is 2. The van der Waals surface area contributed by atoms with E-state index < -0.39 is 0 Å². The summed E-state index contributed by atoms with van der Waals surface area (Å²) < 4.78 is 5.17. The Morgan fingerprint density at radius 3 is 2.64 bits per heavy atom. The van der Waals surface area contributed by atoms with Gasteiger partial charge in [0.1, 0.15) is 5.75 Å². The number of carbonyl (C=O) groups is 2. The maximum absolute atomic E-state index is 12.7. The molecule has 0 atom stereocenters. The average molecular weight is 378 g/mol. The van der Waals surface area contributed by atoms with Gasteiger partial charge in [-0.05, 0) is 36.8 Å². The molecule has 3 N–H and O–H groups in total. The number of aryl methyl sites for hydroxylation is 1. The van der Waals surface area contributed by atoms with Gasteiger partial charge in [-0.2, -0.15) is 5.10 Å². The molecule has 2 aromatic carbocycles. The average Bonchev–Trinajstić information content (AvgIpc) is 3.17. The van der Waals surface area contributed by atoms with E-state index in [-0.39, 0.29) is 17.5 Å². The molecule has 0 fully saturated rings. The lowest BCUT2D eigenvalue weighted by Crippen LogP contribution is -2.18. The Bertz CT molecular complexity index is 981. The van der Waals surface area contributed by atoms with Crippen molar-refractivity contribution in [3.63, 3.8) is 0 Å². The Morgan fingerprint density at radius 2 is 1.86 bits per heavy atom. The number of para-hydroxylation sites is 1. The van der Waals surface area contributed by atoms with E-state index in [0.29, 0.717) is 22.7 Å². The number of benzene rings is 2. The number of rotatable bonds is 7. The number of hydrogen-bond donors (Lipinski definition) is 3. The summed E-state index contributed by atoms with van der Waals surface area (Å²) in [5.41, 5.74) is 2.54. The topological polar surface area (TPSA) is 96.1 Å². The first-order valence-corrected chi connectivity index (χ1v) is 9.00. The first-order valence-electron chi connectivity index (χ1n) is 9.00. The van der Waals surface area contributed by atoms with Crippen LogP contribution in [0.5, 0.6) is 5.75 Å². The number of amides is 2. The number of H-pyrrole nitrogens is 1. The van der Waals surface area contributed by atoms with Gasteiger partial charge in [0.15, 0.2) is 5.69 Å². The van der Waals surface area contributed by atoms with Crippen molar-refractivity contribution in [1.82, 2.24) is 10.2 Å². The van der Waals surface area contributed by atoms with Gasteiger partial charge in [0.25, 0.3) is 11.8 Å². The van der Waals surface area contributed by atoms with E-state index in [2.05, 4.69) is 27.8 Å². The molecule has 3 rings (SSSR count). The first kappa shape index (κ1) is 19.2. The van der Waals surface area contributed by atoms with Crippen LogP contribution in [0.3, 0.4) is 0 Å². The van der Waals surface area contributed by atoms with E-state index in [4.69, 9.17) is 4.74 Å². The van der Waals surface area contributed by atoms with E-state index >= 15 is 0 Å². The lowest BCUT2D eigenvalue weighted by atomic mass is 10.1. The van der Waals surface area contributed by atoms with Crippen LogP contribution in [-0.4, -0.2) is 29.1 Å². The maximum Gasteiger partial charge on any atom is 0.276 e. The van der Waals surface area contributed by atoms with Crippen LogP contribution in [0.4, 0.5) is 11.4 Å². The molecule has 7 nitrogen and oxygen atoms in total. The van der Waals surface area contributed by atoms with E-state index in [9.17, 15) is 9.59 Å². The van der Waals surface area contributed by atoms with Crippen molar-refractivity contribution in [3.05, 3.63) is 71.5 Å². The molecule has 0 saturated carbocycles. The number of methoxy groups -OCH3 is 1. The number of nitrogens with one attached hydrogen (secondary N) is 3. The Balaban J connectivity index is 1.76. The highest BCUT2D eigenvalue weighted by Crippen LogP contribution is 2.21. The third kappa shape index (κ3) is 4.56. The fourth-order valence-corrected chi connectivity index (χ4v) is 2.75. The summed E-state index contributed by atoms with van der Waals surface area (Å²) in [6.07, 6.45) is 1.77. The minimum atomic E-state index is -0.375. The van der Waals surface area contributed by atoms with Crippen LogP contribution in [0.25, 0.3) is 0 Å². The van der Waals surface area contributed by atoms with Crippen molar-refractivity contribution >= 4 is 23.2 Å². The molecule has 1 aromatic heterocycles. The Labute approximate surface area is 163 Å². The standard InChI is InChI=1S/C21H22N4O3/c1-3-7-15-13-19(25-24-15)21(27)23-18-11-5-4-10-17(18)20(26)22-14-8-6-9-16(12-14)28-2/h4-6,8-13H,3,7H2,1-2H3,(H,22,26)(H,23,27)(H,24,25). The fourth-order valence-electron chi connectivity index (χ4n) is 2.75. The summed E-state index contributed by atoms with van der Waals surface area (Å²) in [6.45, 7) is 2.05. The summed E-state index contributed by atoms with van der Waals surface area (Å²) in [5, 5.41) is 12.5. The Kier molecular flexibility index (Phi) is 6.06. The van der Waals surface area contributed by atoms with E-state index in [1.54, 1.807) is 61.7 Å². The third-order valence-electron chi connectivity index (χ3n) is 4.13. The van der Waals surface area contributed by atoms with Gasteiger partial charge >= 0.3 is 0 Å². The Hall–Kier alpha value is -3.61. The fraction of sp³-hybridized carbons (Fsp3) is 0.190. The van der Waals surface area contributed by atoms with Crippen molar-refractivity contribution in [2.45, 2.75) is 19.8 Å². The van der Waals surface area contributed by atoms with Crippen LogP contribution >= 0.6 is 0 Å². The molecule has 0 aliphatic heterocycles. The van der Waals surface area contributed by atoms with E-state index in [1.807, 2.05) is 0 Å². The number of hydrogen-bond acceptors (Lipinski definition) is 4. The molecular formula is C21H22N4O3. The zero-order chi connectivity index (χ0) is 19.9. The number of ether oxygens (including phenoxy) is 1. The highest BCUT2D eigenvalue weighted by molar-refractivity contribution is 6.12. The summed E-state index contributed by atoms with van der Waals surface area (Å²) in [5.74, 6) is -0.0705. The van der Waals surface area contributed by atoms with Crippen LogP contribution in [0.1, 0.15) is 39.9 Å². The molecule has 7 heteroatoms. The molecule has 0 aliphatic carbocycles. The van der Waals surface area contributed by atoms with Crippen molar-refractivity contribution in [2.75, 3.05) is 17.7 Å². The molecule has 0 radical (unpaired) electrons. The quantitative estimate of drug-likeness (QED) is 0.581. The monoisotopic (exact) mass is 378 g/mol. The van der Waals surface area contributed by atoms with Gasteiger partial charge in [-0.15, -0.1) is 0 Å². The van der Waals surface area contributed by atoms with E-state index in [1.165, 1.54) is 0 Å². The Morgan fingerprint density at radius 1 is 1.04 bits per heavy atom. The second-order valence-corrected chi connectivity index (χ2v) is 6.21. The molecule has 0 aliphatic rings. The van der Waals surface area contributed by atoms with Gasteiger partial charge < -0.3 is 15.4 Å².